The van der Waals surface area contributed by atoms with E-state index in [1.807, 2.05) is 40.6 Å². The standard InChI is InChI=1S/C31H38N4O2S/c1-23(2)22-35-29(27-14-8-21-38-27)28(25-12-6-7-13-26(25)31(35)37)30(36)32-15-9-16-33-17-19-34(20-18-33)24-10-4-3-5-11-24/h3-8,10-14,21,23,28-29H,9,15-20,22H2,1-2H3,(H,32,36)/t28-,29-/m0/s1. The maximum atomic E-state index is 13.8. The van der Waals surface area contributed by atoms with Crippen LogP contribution in [0.4, 0.5) is 5.69 Å². The molecule has 1 aromatic heterocycles. The fourth-order valence-electron chi connectivity index (χ4n) is 5.74. The first-order valence-corrected chi connectivity index (χ1v) is 14.6. The highest BCUT2D eigenvalue weighted by molar-refractivity contribution is 7.10. The van der Waals surface area contributed by atoms with Crippen LogP contribution < -0.4 is 10.2 Å². The number of nitrogens with one attached hydrogen (secondary N) is 1. The minimum absolute atomic E-state index is 0.00556. The second-order valence-electron chi connectivity index (χ2n) is 10.7. The van der Waals surface area contributed by atoms with Crippen LogP contribution in [-0.2, 0) is 4.79 Å². The van der Waals surface area contributed by atoms with Crippen LogP contribution in [0.5, 0.6) is 0 Å². The van der Waals surface area contributed by atoms with Crippen LogP contribution >= 0.6 is 11.3 Å². The molecule has 0 radical (unpaired) electrons. The van der Waals surface area contributed by atoms with Gasteiger partial charge in [0.2, 0.25) is 5.91 Å². The van der Waals surface area contributed by atoms with E-state index in [9.17, 15) is 9.59 Å². The molecule has 1 fully saturated rings. The number of amides is 2. The average molecular weight is 531 g/mol. The largest absolute Gasteiger partial charge is 0.369 e. The van der Waals surface area contributed by atoms with Crippen LogP contribution in [0.2, 0.25) is 0 Å². The van der Waals surface area contributed by atoms with Gasteiger partial charge in [-0.25, -0.2) is 0 Å². The van der Waals surface area contributed by atoms with E-state index in [4.69, 9.17) is 0 Å². The van der Waals surface area contributed by atoms with Crippen molar-refractivity contribution >= 4 is 28.8 Å². The summed E-state index contributed by atoms with van der Waals surface area (Å²) >= 11 is 1.62. The van der Waals surface area contributed by atoms with Crippen LogP contribution in [0, 0.1) is 5.92 Å². The Kier molecular flexibility index (Phi) is 8.45. The minimum Gasteiger partial charge on any atom is -0.369 e. The highest BCUT2D eigenvalue weighted by atomic mass is 32.1. The first-order chi connectivity index (χ1) is 18.5. The summed E-state index contributed by atoms with van der Waals surface area (Å²) in [4.78, 5) is 35.3. The van der Waals surface area contributed by atoms with Gasteiger partial charge in [0.25, 0.3) is 5.91 Å². The highest BCUT2D eigenvalue weighted by Gasteiger charge is 2.44. The summed E-state index contributed by atoms with van der Waals surface area (Å²) in [6.07, 6.45) is 0.906. The van der Waals surface area contributed by atoms with Crippen molar-refractivity contribution in [2.24, 2.45) is 5.92 Å². The molecule has 0 spiro atoms. The van der Waals surface area contributed by atoms with Crippen LogP contribution in [-0.4, -0.2) is 67.4 Å². The number of piperazine rings is 1. The number of anilines is 1. The van der Waals surface area contributed by atoms with Crippen LogP contribution in [0.3, 0.4) is 0 Å². The maximum Gasteiger partial charge on any atom is 0.254 e. The Hall–Kier alpha value is -3.16. The molecular weight excluding hydrogens is 492 g/mol. The lowest BCUT2D eigenvalue weighted by Gasteiger charge is -2.42. The van der Waals surface area contributed by atoms with E-state index in [2.05, 4.69) is 65.4 Å². The monoisotopic (exact) mass is 530 g/mol. The van der Waals surface area contributed by atoms with Crippen molar-refractivity contribution < 1.29 is 9.59 Å². The van der Waals surface area contributed by atoms with E-state index < -0.39 is 5.92 Å². The van der Waals surface area contributed by atoms with Crippen molar-refractivity contribution in [3.63, 3.8) is 0 Å². The summed E-state index contributed by atoms with van der Waals surface area (Å²) in [6, 6.07) is 22.0. The number of carbonyl (C=O) groups excluding carboxylic acids is 2. The first-order valence-electron chi connectivity index (χ1n) is 13.8. The Morgan fingerprint density at radius 3 is 2.42 bits per heavy atom. The molecule has 0 saturated carbocycles. The number of carbonyl (C=O) groups is 2. The molecule has 1 saturated heterocycles. The average Bonchev–Trinajstić information content (AvgIpc) is 3.48. The number of hydrogen-bond donors (Lipinski definition) is 1. The van der Waals surface area contributed by atoms with Crippen molar-refractivity contribution in [1.82, 2.24) is 15.1 Å². The lowest BCUT2D eigenvalue weighted by Crippen LogP contribution is -2.49. The number of rotatable bonds is 9. The van der Waals surface area contributed by atoms with Gasteiger partial charge in [-0.15, -0.1) is 11.3 Å². The number of fused-ring (bicyclic) bond motifs is 1. The predicted molar refractivity (Wildman–Crippen MR) is 155 cm³/mol. The van der Waals surface area contributed by atoms with Gasteiger partial charge in [0.05, 0.1) is 12.0 Å². The summed E-state index contributed by atoms with van der Waals surface area (Å²) < 4.78 is 0. The molecule has 38 heavy (non-hydrogen) atoms. The summed E-state index contributed by atoms with van der Waals surface area (Å²) in [7, 11) is 0. The molecule has 6 nitrogen and oxygen atoms in total. The summed E-state index contributed by atoms with van der Waals surface area (Å²) in [5, 5.41) is 5.27. The van der Waals surface area contributed by atoms with Gasteiger partial charge in [0.15, 0.2) is 0 Å². The minimum atomic E-state index is -0.421. The quantitative estimate of drug-likeness (QED) is 0.395. The molecule has 200 valence electrons. The van der Waals surface area contributed by atoms with Gasteiger partial charge < -0.3 is 15.1 Å². The lowest BCUT2D eigenvalue weighted by atomic mass is 9.81. The smallest absolute Gasteiger partial charge is 0.254 e. The molecule has 0 bridgehead atoms. The van der Waals surface area contributed by atoms with E-state index in [0.717, 1.165) is 49.6 Å². The number of para-hydroxylation sites is 1. The molecular formula is C31H38N4O2S. The van der Waals surface area contributed by atoms with E-state index in [0.29, 0.717) is 24.6 Å². The maximum absolute atomic E-state index is 13.8. The van der Waals surface area contributed by atoms with Crippen molar-refractivity contribution in [1.29, 1.82) is 0 Å². The van der Waals surface area contributed by atoms with Crippen molar-refractivity contribution in [3.8, 4) is 0 Å². The predicted octanol–water partition coefficient (Wildman–Crippen LogP) is 5.01. The number of hydrogen-bond acceptors (Lipinski definition) is 5. The van der Waals surface area contributed by atoms with E-state index >= 15 is 0 Å². The highest BCUT2D eigenvalue weighted by Crippen LogP contribution is 2.44. The summed E-state index contributed by atoms with van der Waals surface area (Å²) in [5.74, 6) is -0.0918. The van der Waals surface area contributed by atoms with Crippen LogP contribution in [0.1, 0.15) is 53.0 Å². The molecule has 0 unspecified atom stereocenters. The molecule has 2 atom stereocenters. The molecule has 0 aliphatic carbocycles. The van der Waals surface area contributed by atoms with Crippen molar-refractivity contribution in [3.05, 3.63) is 88.1 Å². The molecule has 2 aliphatic rings. The second-order valence-corrected chi connectivity index (χ2v) is 11.7. The van der Waals surface area contributed by atoms with Crippen LogP contribution in [0.15, 0.2) is 72.1 Å². The molecule has 2 amide bonds. The molecule has 7 heteroatoms. The number of nitrogens with zero attached hydrogens (tertiary/aromatic N) is 3. The number of benzene rings is 2. The fourth-order valence-corrected chi connectivity index (χ4v) is 6.61. The van der Waals surface area contributed by atoms with Gasteiger partial charge in [-0.05, 0) is 54.1 Å². The van der Waals surface area contributed by atoms with E-state index in [-0.39, 0.29) is 17.9 Å². The SMILES string of the molecule is CC(C)CN1C(=O)c2ccccc2[C@H](C(=O)NCCCN2CCN(c3ccccc3)CC2)[C@@H]1c1cccs1. The van der Waals surface area contributed by atoms with Gasteiger partial charge in [-0.2, -0.15) is 0 Å². The topological polar surface area (TPSA) is 55.9 Å². The van der Waals surface area contributed by atoms with Gasteiger partial charge in [0, 0.05) is 55.4 Å². The van der Waals surface area contributed by atoms with E-state index in [1.165, 1.54) is 5.69 Å². The molecule has 2 aliphatic heterocycles. The van der Waals surface area contributed by atoms with Gasteiger partial charge in [-0.1, -0.05) is 56.3 Å². The van der Waals surface area contributed by atoms with E-state index in [1.54, 1.807) is 11.3 Å². The zero-order valence-corrected chi connectivity index (χ0v) is 23.2. The third kappa shape index (κ3) is 5.79. The molecule has 5 rings (SSSR count). The van der Waals surface area contributed by atoms with Gasteiger partial charge in [-0.3, -0.25) is 14.5 Å². The van der Waals surface area contributed by atoms with Crippen LogP contribution in [0.25, 0.3) is 0 Å². The number of thiophene rings is 1. The molecule has 3 heterocycles. The molecule has 1 N–H and O–H groups in total. The van der Waals surface area contributed by atoms with Crippen molar-refractivity contribution in [2.45, 2.75) is 32.2 Å². The Bertz CT molecular complexity index is 1210. The third-order valence-corrected chi connectivity index (χ3v) is 8.50. The summed E-state index contributed by atoms with van der Waals surface area (Å²) in [6.45, 7) is 10.6. The lowest BCUT2D eigenvalue weighted by molar-refractivity contribution is -0.124. The van der Waals surface area contributed by atoms with Gasteiger partial charge in [0.1, 0.15) is 0 Å². The van der Waals surface area contributed by atoms with Crippen molar-refractivity contribution in [2.75, 3.05) is 50.7 Å². The Morgan fingerprint density at radius 2 is 1.71 bits per heavy atom. The second kappa shape index (κ2) is 12.1. The first kappa shape index (κ1) is 26.4. The Balaban J connectivity index is 1.23. The summed E-state index contributed by atoms with van der Waals surface area (Å²) in [5.41, 5.74) is 2.78. The zero-order valence-electron chi connectivity index (χ0n) is 22.4. The van der Waals surface area contributed by atoms with Gasteiger partial charge >= 0.3 is 0 Å². The normalized spacial score (nSPS) is 20.0. The third-order valence-electron chi connectivity index (χ3n) is 7.56. The molecule has 3 aromatic rings. The fraction of sp³-hybridized carbons (Fsp3) is 0.419. The Labute approximate surface area is 230 Å². The Morgan fingerprint density at radius 1 is 0.974 bits per heavy atom. The zero-order chi connectivity index (χ0) is 26.5. The molecule has 2 aromatic carbocycles.